The summed E-state index contributed by atoms with van der Waals surface area (Å²) < 4.78 is 13.8. The van der Waals surface area contributed by atoms with E-state index in [-0.39, 0.29) is 18.2 Å². The number of aromatic amines is 1. The predicted octanol–water partition coefficient (Wildman–Crippen LogP) is 4.38. The van der Waals surface area contributed by atoms with Crippen LogP contribution in [0.5, 0.6) is 5.88 Å². The number of H-pyrrole nitrogens is 1. The zero-order valence-electron chi connectivity index (χ0n) is 20.5. The van der Waals surface area contributed by atoms with Gasteiger partial charge in [-0.1, -0.05) is 18.2 Å². The van der Waals surface area contributed by atoms with Crippen molar-refractivity contribution in [1.82, 2.24) is 10.3 Å². The SMILES string of the molecule is CNCCN(C(C)=O)c1ccc(N=C(c2cccc(CC(=O)O)c2)c2c(O)[nH]c3cc(F)ccc23)cc1. The second kappa shape index (κ2) is 11.0. The second-order valence-corrected chi connectivity index (χ2v) is 8.56. The Hall–Kier alpha value is -4.50. The lowest BCUT2D eigenvalue weighted by atomic mass is 9.98. The van der Waals surface area contributed by atoms with Gasteiger partial charge in [-0.2, -0.15) is 0 Å². The molecule has 1 heterocycles. The van der Waals surface area contributed by atoms with Crippen LogP contribution in [0, 0.1) is 5.82 Å². The zero-order chi connectivity index (χ0) is 26.5. The fraction of sp³-hybridized carbons (Fsp3) is 0.179. The van der Waals surface area contributed by atoms with Gasteiger partial charge in [0.2, 0.25) is 5.91 Å². The lowest BCUT2D eigenvalue weighted by molar-refractivity contribution is -0.136. The van der Waals surface area contributed by atoms with Crippen LogP contribution in [0.1, 0.15) is 23.6 Å². The van der Waals surface area contributed by atoms with Crippen LogP contribution < -0.4 is 10.2 Å². The van der Waals surface area contributed by atoms with Crippen molar-refractivity contribution in [3.63, 3.8) is 0 Å². The molecule has 1 amide bonds. The highest BCUT2D eigenvalue weighted by Crippen LogP contribution is 2.32. The first kappa shape index (κ1) is 25.6. The number of hydrogen-bond donors (Lipinski definition) is 4. The van der Waals surface area contributed by atoms with E-state index in [1.54, 1.807) is 59.5 Å². The molecule has 3 aromatic carbocycles. The Bertz CT molecular complexity index is 1480. The lowest BCUT2D eigenvalue weighted by Gasteiger charge is -2.21. The molecule has 0 saturated carbocycles. The van der Waals surface area contributed by atoms with Crippen LogP contribution in [0.2, 0.25) is 0 Å². The number of amides is 1. The van der Waals surface area contributed by atoms with Crippen molar-refractivity contribution in [3.8, 4) is 5.88 Å². The number of halogens is 1. The largest absolute Gasteiger partial charge is 0.494 e. The molecule has 4 rings (SSSR count). The molecule has 4 N–H and O–H groups in total. The summed E-state index contributed by atoms with van der Waals surface area (Å²) in [6.45, 7) is 2.65. The monoisotopic (exact) mass is 502 g/mol. The highest BCUT2D eigenvalue weighted by atomic mass is 19.1. The van der Waals surface area contributed by atoms with Gasteiger partial charge in [0.1, 0.15) is 5.82 Å². The van der Waals surface area contributed by atoms with Gasteiger partial charge in [-0.05, 0) is 61.1 Å². The molecule has 0 fully saturated rings. The summed E-state index contributed by atoms with van der Waals surface area (Å²) in [6.07, 6.45) is -0.172. The van der Waals surface area contributed by atoms with Crippen molar-refractivity contribution in [1.29, 1.82) is 0 Å². The first-order valence-corrected chi connectivity index (χ1v) is 11.7. The van der Waals surface area contributed by atoms with Crippen LogP contribution in [0.4, 0.5) is 15.8 Å². The number of rotatable bonds is 9. The zero-order valence-corrected chi connectivity index (χ0v) is 20.5. The van der Waals surface area contributed by atoms with Crippen LogP contribution in [0.15, 0.2) is 71.7 Å². The molecule has 0 aliphatic rings. The summed E-state index contributed by atoms with van der Waals surface area (Å²) in [4.78, 5) is 32.7. The number of benzene rings is 3. The van der Waals surface area contributed by atoms with E-state index in [0.717, 1.165) is 5.69 Å². The number of aliphatic carboxylic acids is 1. The number of carboxylic acid groups (broad SMARTS) is 1. The van der Waals surface area contributed by atoms with Gasteiger partial charge in [-0.3, -0.25) is 9.59 Å². The third kappa shape index (κ3) is 5.84. The van der Waals surface area contributed by atoms with E-state index in [0.29, 0.717) is 52.1 Å². The molecule has 1 aromatic heterocycles. The maximum Gasteiger partial charge on any atom is 0.307 e. The van der Waals surface area contributed by atoms with Gasteiger partial charge in [-0.25, -0.2) is 9.38 Å². The molecule has 0 radical (unpaired) electrons. The third-order valence-electron chi connectivity index (χ3n) is 5.90. The normalized spacial score (nSPS) is 11.6. The lowest BCUT2D eigenvalue weighted by Crippen LogP contribution is -2.34. The van der Waals surface area contributed by atoms with Gasteiger partial charge in [0.15, 0.2) is 5.88 Å². The molecule has 9 heteroatoms. The number of likely N-dealkylation sites (N-methyl/N-ethyl adjacent to an activating group) is 1. The number of carbonyl (C=O) groups is 2. The van der Waals surface area contributed by atoms with Crippen LogP contribution in [0.3, 0.4) is 0 Å². The molecule has 0 bridgehead atoms. The molecule has 37 heavy (non-hydrogen) atoms. The summed E-state index contributed by atoms with van der Waals surface area (Å²) in [5.74, 6) is -1.69. The number of fused-ring (bicyclic) bond motifs is 1. The summed E-state index contributed by atoms with van der Waals surface area (Å²) in [5.41, 5.74) is 3.58. The van der Waals surface area contributed by atoms with E-state index in [9.17, 15) is 24.2 Å². The van der Waals surface area contributed by atoms with Crippen molar-refractivity contribution in [2.75, 3.05) is 25.0 Å². The van der Waals surface area contributed by atoms with Crippen LogP contribution in [-0.2, 0) is 16.0 Å². The molecule has 0 saturated heterocycles. The van der Waals surface area contributed by atoms with Gasteiger partial charge in [0, 0.05) is 36.7 Å². The van der Waals surface area contributed by atoms with Crippen molar-refractivity contribution in [3.05, 3.63) is 89.2 Å². The maximum atomic E-state index is 13.8. The Morgan fingerprint density at radius 3 is 2.51 bits per heavy atom. The molecule has 4 aromatic rings. The van der Waals surface area contributed by atoms with Gasteiger partial charge in [-0.15, -0.1) is 0 Å². The molecule has 190 valence electrons. The minimum absolute atomic E-state index is 0.0848. The fourth-order valence-corrected chi connectivity index (χ4v) is 4.19. The van der Waals surface area contributed by atoms with E-state index >= 15 is 0 Å². The first-order chi connectivity index (χ1) is 17.8. The van der Waals surface area contributed by atoms with E-state index in [1.807, 2.05) is 7.05 Å². The van der Waals surface area contributed by atoms with Gasteiger partial charge in [0.25, 0.3) is 0 Å². The van der Waals surface area contributed by atoms with Crippen LogP contribution >= 0.6 is 0 Å². The number of aliphatic imine (C=N–C) groups is 1. The maximum absolute atomic E-state index is 13.8. The summed E-state index contributed by atoms with van der Waals surface area (Å²) in [7, 11) is 1.82. The van der Waals surface area contributed by atoms with Crippen LogP contribution in [-0.4, -0.2) is 52.9 Å². The number of nitrogens with one attached hydrogen (secondary N) is 2. The summed E-state index contributed by atoms with van der Waals surface area (Å²) >= 11 is 0. The Balaban J connectivity index is 1.84. The minimum Gasteiger partial charge on any atom is -0.494 e. The number of carboxylic acids is 1. The standard InChI is InChI=1S/C28H27FN4O4/c1-17(34)33(13-12-30-2)22-9-7-21(8-10-22)31-27(19-5-3-4-18(14-19)15-25(35)36)26-23-11-6-20(29)16-24(23)32-28(26)37/h3-11,14,16,30,32,37H,12-13,15H2,1-2H3,(H,35,36). The Kier molecular flexibility index (Phi) is 7.64. The topological polar surface area (TPSA) is 118 Å². The number of aromatic hydroxyl groups is 1. The summed E-state index contributed by atoms with van der Waals surface area (Å²) in [5, 5.41) is 23.6. The first-order valence-electron chi connectivity index (χ1n) is 11.7. The highest BCUT2D eigenvalue weighted by molar-refractivity contribution is 6.22. The van der Waals surface area contributed by atoms with E-state index in [4.69, 9.17) is 4.99 Å². The molecule has 0 aliphatic carbocycles. The van der Waals surface area contributed by atoms with Gasteiger partial charge >= 0.3 is 5.97 Å². The number of anilines is 1. The number of carbonyl (C=O) groups excluding carboxylic acids is 1. The van der Waals surface area contributed by atoms with Crippen molar-refractivity contribution in [2.45, 2.75) is 13.3 Å². The third-order valence-corrected chi connectivity index (χ3v) is 5.90. The van der Waals surface area contributed by atoms with Crippen LogP contribution in [0.25, 0.3) is 10.9 Å². The average molecular weight is 503 g/mol. The number of aromatic nitrogens is 1. The smallest absolute Gasteiger partial charge is 0.307 e. The Labute approximate surface area is 213 Å². The van der Waals surface area contributed by atoms with Crippen molar-refractivity contribution < 1.29 is 24.2 Å². The molecule has 0 aliphatic heterocycles. The van der Waals surface area contributed by atoms with Gasteiger partial charge in [0.05, 0.1) is 28.9 Å². The Morgan fingerprint density at radius 2 is 1.84 bits per heavy atom. The molecule has 0 spiro atoms. The predicted molar refractivity (Wildman–Crippen MR) is 141 cm³/mol. The fourth-order valence-electron chi connectivity index (χ4n) is 4.19. The number of hydrogen-bond acceptors (Lipinski definition) is 5. The van der Waals surface area contributed by atoms with Crippen molar-refractivity contribution in [2.24, 2.45) is 4.99 Å². The summed E-state index contributed by atoms with van der Waals surface area (Å²) in [6, 6.07) is 18.2. The molecule has 8 nitrogen and oxygen atoms in total. The quantitative estimate of drug-likeness (QED) is 0.253. The van der Waals surface area contributed by atoms with E-state index in [2.05, 4.69) is 10.3 Å². The number of nitrogens with zero attached hydrogens (tertiary/aromatic N) is 2. The van der Waals surface area contributed by atoms with E-state index < -0.39 is 11.8 Å². The van der Waals surface area contributed by atoms with E-state index in [1.165, 1.54) is 19.1 Å². The molecular formula is C28H27FN4O4. The van der Waals surface area contributed by atoms with Crippen molar-refractivity contribution >= 4 is 39.9 Å². The molecule has 0 unspecified atom stereocenters. The average Bonchev–Trinajstić information content (AvgIpc) is 3.17. The Morgan fingerprint density at radius 1 is 1.08 bits per heavy atom. The minimum atomic E-state index is -0.968. The molecule has 0 atom stereocenters. The van der Waals surface area contributed by atoms with Gasteiger partial charge < -0.3 is 25.4 Å². The highest BCUT2D eigenvalue weighted by Gasteiger charge is 2.20. The molecular weight excluding hydrogens is 475 g/mol. The second-order valence-electron chi connectivity index (χ2n) is 8.56.